The Kier molecular flexibility index (Phi) is 9.11. The normalized spacial score (nSPS) is 10.9. The van der Waals surface area contributed by atoms with Gasteiger partial charge in [-0.25, -0.2) is 0 Å². The molecule has 0 N–H and O–H groups in total. The van der Waals surface area contributed by atoms with E-state index in [-0.39, 0.29) is 5.97 Å². The fourth-order valence-corrected chi connectivity index (χ4v) is 2.44. The SMILES string of the molecule is CCCCCC(=O)Oc1ccc(N=Cc2ccc(OCCCC)cc2)cc1. The summed E-state index contributed by atoms with van der Waals surface area (Å²) in [5.74, 6) is 1.26. The van der Waals surface area contributed by atoms with E-state index in [2.05, 4.69) is 18.8 Å². The van der Waals surface area contributed by atoms with E-state index in [1.807, 2.05) is 42.6 Å². The Labute approximate surface area is 162 Å². The molecule has 4 heteroatoms. The number of nitrogens with zero attached hydrogens (tertiary/aromatic N) is 1. The minimum Gasteiger partial charge on any atom is -0.494 e. The van der Waals surface area contributed by atoms with Crippen LogP contribution in [0.1, 0.15) is 57.9 Å². The van der Waals surface area contributed by atoms with E-state index in [9.17, 15) is 4.79 Å². The van der Waals surface area contributed by atoms with E-state index < -0.39 is 0 Å². The minimum atomic E-state index is -0.180. The molecule has 0 aliphatic heterocycles. The topological polar surface area (TPSA) is 47.9 Å². The summed E-state index contributed by atoms with van der Waals surface area (Å²) in [5.41, 5.74) is 1.81. The fraction of sp³-hybridized carbons (Fsp3) is 0.391. The first-order valence-electron chi connectivity index (χ1n) is 9.79. The molecule has 0 aromatic heterocycles. The van der Waals surface area contributed by atoms with E-state index in [4.69, 9.17) is 9.47 Å². The van der Waals surface area contributed by atoms with Gasteiger partial charge in [-0.2, -0.15) is 0 Å². The lowest BCUT2D eigenvalue weighted by molar-refractivity contribution is -0.134. The summed E-state index contributed by atoms with van der Waals surface area (Å²) in [7, 11) is 0. The molecule has 2 rings (SSSR count). The van der Waals surface area contributed by atoms with Gasteiger partial charge in [-0.15, -0.1) is 0 Å². The highest BCUT2D eigenvalue weighted by atomic mass is 16.5. The second-order valence-corrected chi connectivity index (χ2v) is 6.45. The largest absolute Gasteiger partial charge is 0.494 e. The standard InChI is InChI=1S/C23H29NO3/c1-3-5-7-8-23(25)27-22-15-11-20(12-16-22)24-18-19-9-13-21(14-10-19)26-17-6-4-2/h9-16,18H,3-8,17H2,1-2H3. The van der Waals surface area contributed by atoms with E-state index >= 15 is 0 Å². The lowest BCUT2D eigenvalue weighted by Gasteiger charge is -2.05. The van der Waals surface area contributed by atoms with Gasteiger partial charge in [0.05, 0.1) is 12.3 Å². The molecule has 2 aromatic rings. The maximum absolute atomic E-state index is 11.7. The highest BCUT2D eigenvalue weighted by Gasteiger charge is 2.04. The second kappa shape index (κ2) is 11.9. The number of aliphatic imine (C=N–C) groups is 1. The molecule has 0 bridgehead atoms. The van der Waals surface area contributed by atoms with Crippen molar-refractivity contribution in [2.45, 2.75) is 52.4 Å². The highest BCUT2D eigenvalue weighted by molar-refractivity contribution is 5.82. The third kappa shape index (κ3) is 8.07. The summed E-state index contributed by atoms with van der Waals surface area (Å²) in [6.07, 6.45) is 7.48. The molecule has 0 heterocycles. The van der Waals surface area contributed by atoms with E-state index in [0.29, 0.717) is 12.2 Å². The number of ether oxygens (including phenoxy) is 2. The van der Waals surface area contributed by atoms with Crippen LogP contribution in [0.3, 0.4) is 0 Å². The van der Waals surface area contributed by atoms with Gasteiger partial charge in [0.25, 0.3) is 0 Å². The number of hydrogen-bond acceptors (Lipinski definition) is 4. The molecule has 0 atom stereocenters. The predicted molar refractivity (Wildman–Crippen MR) is 110 cm³/mol. The molecule has 144 valence electrons. The number of unbranched alkanes of at least 4 members (excludes halogenated alkanes) is 3. The van der Waals surface area contributed by atoms with Gasteiger partial charge >= 0.3 is 5.97 Å². The number of esters is 1. The Morgan fingerprint density at radius 3 is 2.22 bits per heavy atom. The van der Waals surface area contributed by atoms with Crippen molar-refractivity contribution in [2.24, 2.45) is 4.99 Å². The van der Waals surface area contributed by atoms with E-state index in [0.717, 1.165) is 55.7 Å². The van der Waals surface area contributed by atoms with Crippen LogP contribution in [0.15, 0.2) is 53.5 Å². The molecule has 0 amide bonds. The molecule has 0 saturated carbocycles. The van der Waals surface area contributed by atoms with Gasteiger partial charge in [0.1, 0.15) is 11.5 Å². The average Bonchev–Trinajstić information content (AvgIpc) is 2.69. The van der Waals surface area contributed by atoms with E-state index in [1.165, 1.54) is 0 Å². The van der Waals surface area contributed by atoms with Crippen molar-refractivity contribution in [1.82, 2.24) is 0 Å². The third-order valence-electron chi connectivity index (χ3n) is 4.06. The first-order valence-corrected chi connectivity index (χ1v) is 9.79. The molecule has 0 saturated heterocycles. The third-order valence-corrected chi connectivity index (χ3v) is 4.06. The monoisotopic (exact) mass is 367 g/mol. The van der Waals surface area contributed by atoms with Crippen molar-refractivity contribution < 1.29 is 14.3 Å². The number of hydrogen-bond donors (Lipinski definition) is 0. The Morgan fingerprint density at radius 1 is 0.889 bits per heavy atom. The lowest BCUT2D eigenvalue weighted by Crippen LogP contribution is -2.07. The summed E-state index contributed by atoms with van der Waals surface area (Å²) in [6, 6.07) is 15.1. The summed E-state index contributed by atoms with van der Waals surface area (Å²) >= 11 is 0. The van der Waals surface area contributed by atoms with Crippen LogP contribution in [0.25, 0.3) is 0 Å². The van der Waals surface area contributed by atoms with Crippen LogP contribution in [-0.2, 0) is 4.79 Å². The van der Waals surface area contributed by atoms with Gasteiger partial charge in [-0.3, -0.25) is 9.79 Å². The van der Waals surface area contributed by atoms with Crippen molar-refractivity contribution >= 4 is 17.9 Å². The molecule has 0 spiro atoms. The first kappa shape index (κ1) is 20.7. The quantitative estimate of drug-likeness (QED) is 0.209. The number of carbonyl (C=O) groups excluding carboxylic acids is 1. The van der Waals surface area contributed by atoms with Crippen molar-refractivity contribution in [3.63, 3.8) is 0 Å². The molecular formula is C23H29NO3. The molecule has 27 heavy (non-hydrogen) atoms. The second-order valence-electron chi connectivity index (χ2n) is 6.45. The van der Waals surface area contributed by atoms with Crippen molar-refractivity contribution in [1.29, 1.82) is 0 Å². The van der Waals surface area contributed by atoms with Crippen molar-refractivity contribution in [2.75, 3.05) is 6.61 Å². The van der Waals surface area contributed by atoms with Crippen LogP contribution in [-0.4, -0.2) is 18.8 Å². The Bertz CT molecular complexity index is 705. The molecule has 4 nitrogen and oxygen atoms in total. The summed E-state index contributed by atoms with van der Waals surface area (Å²) in [4.78, 5) is 16.2. The Morgan fingerprint density at radius 2 is 1.56 bits per heavy atom. The number of carbonyl (C=O) groups is 1. The first-order chi connectivity index (χ1) is 13.2. The van der Waals surface area contributed by atoms with Gasteiger partial charge in [-0.05, 0) is 66.9 Å². The molecule has 0 aliphatic carbocycles. The maximum Gasteiger partial charge on any atom is 0.311 e. The summed E-state index contributed by atoms with van der Waals surface area (Å²) < 4.78 is 11.0. The van der Waals surface area contributed by atoms with Crippen LogP contribution in [0.5, 0.6) is 11.5 Å². The zero-order valence-electron chi connectivity index (χ0n) is 16.3. The van der Waals surface area contributed by atoms with Crippen LogP contribution >= 0.6 is 0 Å². The smallest absolute Gasteiger partial charge is 0.311 e. The van der Waals surface area contributed by atoms with Gasteiger partial charge in [0.15, 0.2) is 0 Å². The zero-order chi connectivity index (χ0) is 19.3. The highest BCUT2D eigenvalue weighted by Crippen LogP contribution is 2.19. The minimum absolute atomic E-state index is 0.180. The summed E-state index contributed by atoms with van der Waals surface area (Å²) in [6.45, 7) is 5.01. The lowest BCUT2D eigenvalue weighted by atomic mass is 10.2. The van der Waals surface area contributed by atoms with Gasteiger partial charge in [0, 0.05) is 12.6 Å². The predicted octanol–water partition coefficient (Wildman–Crippen LogP) is 6.10. The average molecular weight is 367 g/mol. The summed E-state index contributed by atoms with van der Waals surface area (Å²) in [5, 5.41) is 0. The maximum atomic E-state index is 11.7. The molecule has 0 aliphatic rings. The van der Waals surface area contributed by atoms with Crippen LogP contribution in [0.2, 0.25) is 0 Å². The van der Waals surface area contributed by atoms with Crippen LogP contribution < -0.4 is 9.47 Å². The molecule has 0 unspecified atom stereocenters. The molecular weight excluding hydrogens is 338 g/mol. The van der Waals surface area contributed by atoms with Crippen LogP contribution in [0, 0.1) is 0 Å². The van der Waals surface area contributed by atoms with Crippen LogP contribution in [0.4, 0.5) is 5.69 Å². The molecule has 0 radical (unpaired) electrons. The van der Waals surface area contributed by atoms with Gasteiger partial charge < -0.3 is 9.47 Å². The fourth-order valence-electron chi connectivity index (χ4n) is 2.44. The zero-order valence-corrected chi connectivity index (χ0v) is 16.3. The Balaban J connectivity index is 1.83. The Hall–Kier alpha value is -2.62. The van der Waals surface area contributed by atoms with Crippen molar-refractivity contribution in [3.8, 4) is 11.5 Å². The molecule has 2 aromatic carbocycles. The van der Waals surface area contributed by atoms with Gasteiger partial charge in [0.2, 0.25) is 0 Å². The van der Waals surface area contributed by atoms with Gasteiger partial charge in [-0.1, -0.05) is 33.1 Å². The van der Waals surface area contributed by atoms with E-state index in [1.54, 1.807) is 12.1 Å². The number of benzene rings is 2. The van der Waals surface area contributed by atoms with Crippen molar-refractivity contribution in [3.05, 3.63) is 54.1 Å². The number of rotatable bonds is 11. The molecule has 0 fully saturated rings.